The van der Waals surface area contributed by atoms with Gasteiger partial charge < -0.3 is 55.8 Å². The molecule has 446 valence electrons. The lowest BCUT2D eigenvalue weighted by atomic mass is 9.91. The van der Waals surface area contributed by atoms with Gasteiger partial charge in [-0.25, -0.2) is 4.79 Å². The fraction of sp³-hybridized carbons (Fsp3) is 0.456. The summed E-state index contributed by atoms with van der Waals surface area (Å²) in [6, 6.07) is 9.83. The minimum Gasteiger partial charge on any atom is -0.447 e. The Hall–Kier alpha value is -7.33. The summed E-state index contributed by atoms with van der Waals surface area (Å²) in [5, 5.41) is 11.1. The highest BCUT2D eigenvalue weighted by Gasteiger charge is 2.51. The van der Waals surface area contributed by atoms with Crippen LogP contribution in [-0.2, 0) is 56.7 Å². The third-order valence-electron chi connectivity index (χ3n) is 16.2. The molecule has 27 heteroatoms. The Labute approximate surface area is 490 Å². The number of nitrogens with zero attached hydrogens (tertiary/aromatic N) is 4. The van der Waals surface area contributed by atoms with Crippen molar-refractivity contribution in [2.24, 2.45) is 11.7 Å². The van der Waals surface area contributed by atoms with Gasteiger partial charge in [-0.3, -0.25) is 48.2 Å². The minimum atomic E-state index is -5.88. The van der Waals surface area contributed by atoms with Crippen LogP contribution in [0.4, 0.5) is 13.6 Å². The van der Waals surface area contributed by atoms with Crippen molar-refractivity contribution in [2.75, 3.05) is 39.3 Å². The van der Waals surface area contributed by atoms with Gasteiger partial charge in [0.1, 0.15) is 36.8 Å². The molecule has 4 saturated heterocycles. The molecule has 5 aliphatic heterocycles. The lowest BCUT2D eigenvalue weighted by Gasteiger charge is -2.38. The summed E-state index contributed by atoms with van der Waals surface area (Å²) in [4.78, 5) is 147. The Bertz CT molecular complexity index is 3380. The number of imide groups is 1. The molecule has 0 saturated carbocycles. The van der Waals surface area contributed by atoms with E-state index in [1.165, 1.54) is 21.9 Å². The number of thiophene rings is 1. The first kappa shape index (κ1) is 61.2. The van der Waals surface area contributed by atoms with E-state index in [9.17, 15) is 66.3 Å². The quantitative estimate of drug-likeness (QED) is 0.0445. The number of likely N-dealkylation sites (tertiary alicyclic amines) is 1. The van der Waals surface area contributed by atoms with Gasteiger partial charge in [0.15, 0.2) is 0 Å². The number of likely N-dealkylation sites (N-methyl/N-ethyl adjacent to an activating group) is 1. The normalized spacial score (nSPS) is 21.3. The van der Waals surface area contributed by atoms with E-state index in [4.69, 9.17) is 22.1 Å². The third kappa shape index (κ3) is 13.8. The molecule has 1 aromatic heterocycles. The first-order valence-electron chi connectivity index (χ1n) is 27.6. The van der Waals surface area contributed by atoms with Crippen LogP contribution in [-0.4, -0.2) is 158 Å². The summed E-state index contributed by atoms with van der Waals surface area (Å²) >= 11 is 7.11. The number of fused-ring (bicyclic) bond motifs is 3. The molecule has 84 heavy (non-hydrogen) atoms. The molecule has 4 aromatic rings. The van der Waals surface area contributed by atoms with E-state index in [1.807, 2.05) is 17.9 Å². The number of piperidine rings is 2. The number of benzene rings is 3. The average Bonchev–Trinajstić information content (AvgIpc) is 2.93. The van der Waals surface area contributed by atoms with E-state index in [-0.39, 0.29) is 66.8 Å². The zero-order valence-corrected chi connectivity index (χ0v) is 48.1. The molecule has 0 bridgehead atoms. The van der Waals surface area contributed by atoms with Gasteiger partial charge in [-0.15, -0.1) is 11.3 Å². The van der Waals surface area contributed by atoms with Gasteiger partial charge in [-0.05, 0) is 116 Å². The van der Waals surface area contributed by atoms with Crippen molar-refractivity contribution in [3.05, 3.63) is 104 Å². The third-order valence-corrected chi connectivity index (χ3v) is 18.5. The molecule has 6 atom stereocenters. The number of ether oxygens (including phenoxy) is 1. The molecule has 3 aromatic carbocycles. The van der Waals surface area contributed by atoms with Crippen LogP contribution in [0.3, 0.4) is 0 Å². The average molecular weight is 1220 g/mol. The number of alkyl halides is 2. The molecule has 3 unspecified atom stereocenters. The van der Waals surface area contributed by atoms with Gasteiger partial charge in [0.05, 0.1) is 4.88 Å². The molecule has 5 aliphatic rings. The first-order chi connectivity index (χ1) is 40.0. The zero-order valence-electron chi connectivity index (χ0n) is 45.7. The highest BCUT2D eigenvalue weighted by atomic mass is 35.5. The largest absolute Gasteiger partial charge is 0.447 e. The summed E-state index contributed by atoms with van der Waals surface area (Å²) in [6.45, 7) is 3.08. The maximum absolute atomic E-state index is 14.7. The van der Waals surface area contributed by atoms with Crippen LogP contribution < -0.4 is 27.0 Å². The van der Waals surface area contributed by atoms with Crippen LogP contribution in [0.25, 0.3) is 10.1 Å². The number of amides is 9. The van der Waals surface area contributed by atoms with E-state index in [2.05, 4.69) is 33.1 Å². The Morgan fingerprint density at radius 3 is 2.39 bits per heavy atom. The van der Waals surface area contributed by atoms with Crippen molar-refractivity contribution in [2.45, 2.75) is 120 Å². The van der Waals surface area contributed by atoms with Crippen LogP contribution >= 0.6 is 30.5 Å². The predicted molar refractivity (Wildman–Crippen MR) is 302 cm³/mol. The van der Waals surface area contributed by atoms with E-state index in [1.54, 1.807) is 41.3 Å². The second-order valence-corrected chi connectivity index (χ2v) is 24.7. The number of carbonyl (C=O) groups excluding carboxylic acids is 9. The summed E-state index contributed by atoms with van der Waals surface area (Å²) in [5.74, 6) is 2.09. The number of halogens is 3. The van der Waals surface area contributed by atoms with Crippen molar-refractivity contribution in [3.8, 4) is 11.8 Å². The van der Waals surface area contributed by atoms with Crippen LogP contribution in [0.15, 0.2) is 66.7 Å². The van der Waals surface area contributed by atoms with Crippen LogP contribution in [0.2, 0.25) is 5.02 Å². The van der Waals surface area contributed by atoms with Crippen molar-refractivity contribution in [3.63, 3.8) is 0 Å². The van der Waals surface area contributed by atoms with Gasteiger partial charge in [0.2, 0.25) is 35.4 Å². The Balaban J connectivity index is 0.847. The molecule has 8 N–H and O–H groups in total. The summed E-state index contributed by atoms with van der Waals surface area (Å²) in [5.41, 5.74) is 2.45. The number of nitrogens with two attached hydrogens (primary N) is 1. The maximum atomic E-state index is 14.7. The molecule has 9 amide bonds. The second kappa shape index (κ2) is 25.9. The summed E-state index contributed by atoms with van der Waals surface area (Å²) < 4.78 is 46.2. The number of rotatable bonds is 17. The van der Waals surface area contributed by atoms with E-state index in [0.717, 1.165) is 35.5 Å². The van der Waals surface area contributed by atoms with Crippen LogP contribution in [0, 0.1) is 17.8 Å². The van der Waals surface area contributed by atoms with Crippen molar-refractivity contribution >= 4 is 94.0 Å². The lowest BCUT2D eigenvalue weighted by molar-refractivity contribution is -0.144. The molecule has 22 nitrogen and oxygen atoms in total. The zero-order chi connectivity index (χ0) is 60.2. The van der Waals surface area contributed by atoms with Gasteiger partial charge in [-0.2, -0.15) is 8.78 Å². The molecular formula is C57H63ClF2N9O13PS. The predicted octanol–water partition coefficient (Wildman–Crippen LogP) is 4.10. The molecule has 6 heterocycles. The van der Waals surface area contributed by atoms with E-state index in [0.29, 0.717) is 84.7 Å². The Kier molecular flexibility index (Phi) is 18.9. The number of carbonyl (C=O) groups is 9. The van der Waals surface area contributed by atoms with E-state index >= 15 is 0 Å². The lowest BCUT2D eigenvalue weighted by Crippen LogP contribution is -2.62. The monoisotopic (exact) mass is 1220 g/mol. The number of hydrogen-bond donors (Lipinski definition) is 7. The number of nitrogens with one attached hydrogen (secondary N) is 4. The summed E-state index contributed by atoms with van der Waals surface area (Å²) in [6.07, 6.45) is 2.68. The second-order valence-electron chi connectivity index (χ2n) is 21.6. The van der Waals surface area contributed by atoms with Gasteiger partial charge in [0.25, 0.3) is 11.8 Å². The molecule has 0 radical (unpaired) electrons. The van der Waals surface area contributed by atoms with Crippen LogP contribution in [0.1, 0.15) is 107 Å². The number of primary amides is 1. The highest BCUT2D eigenvalue weighted by Crippen LogP contribution is 2.59. The molecular weight excluding hydrogens is 1160 g/mol. The van der Waals surface area contributed by atoms with Crippen molar-refractivity contribution in [1.82, 2.24) is 40.9 Å². The molecule has 0 aliphatic carbocycles. The first-order valence-corrected chi connectivity index (χ1v) is 30.4. The minimum absolute atomic E-state index is 0.0121. The number of hydrogen-bond acceptors (Lipinski definition) is 13. The molecule has 9 rings (SSSR count). The molecule has 0 spiro atoms. The maximum Gasteiger partial charge on any atom is 0.404 e. The highest BCUT2D eigenvalue weighted by molar-refractivity contribution is 7.52. The standard InChI is InChI=1S/C57H63ClF2N9O13PS/c1-2-66-23-22-38-15-16-45(69(38)55(77)42(30-66)63-52(74)47-28-35-27-36(12-18-46(35)84-47)57(59,60)83(79,80)81)51(73)64-43(31-82-56(61)78)49(71)62-41(26-33-10-13-37(58)14-11-33)54(76)67-24-20-32(21-25-67)6-3-4-7-34-8-5-9-39-40(34)29-68(53(39)75)44-17-19-48(70)65-50(44)72/h5,8-14,18,27-28,32,38,41-45H,2-3,6,15-17,19-26,29-31H2,1H3,(H2,61,78)(H,62,71)(H,63,74)(H,64,73)(H,65,70,72)(H2,79,80,81)/t38-,41?,42+,43?,44?,45+/m1/s1. The Morgan fingerprint density at radius 2 is 1.69 bits per heavy atom. The Morgan fingerprint density at radius 1 is 0.940 bits per heavy atom. The van der Waals surface area contributed by atoms with Gasteiger partial charge >= 0.3 is 19.4 Å². The fourth-order valence-corrected chi connectivity index (χ4v) is 13.1. The smallest absolute Gasteiger partial charge is 0.404 e. The van der Waals surface area contributed by atoms with Crippen molar-refractivity contribution < 1.29 is 71.0 Å². The van der Waals surface area contributed by atoms with E-state index < -0.39 is 103 Å². The SMILES string of the molecule is CCN1CC[C@H]2CC[C@@H](C(=O)NC(COC(N)=O)C(=O)NC(Cc3ccc(Cl)cc3)C(=O)N3CCC(CCC#Cc4cccc5c4CN(C4CCC(=O)NC4=O)C5=O)CC3)N2C(=O)[C@@H](NC(=O)c2cc3cc(C(F)(F)P(=O)(O)O)ccc3s2)C1. The van der Waals surface area contributed by atoms with Gasteiger partial charge in [0, 0.05) is 84.4 Å². The summed E-state index contributed by atoms with van der Waals surface area (Å²) in [7, 11) is -5.88. The fourth-order valence-electron chi connectivity index (χ4n) is 11.6. The van der Waals surface area contributed by atoms with Crippen molar-refractivity contribution in [1.29, 1.82) is 0 Å². The molecule has 4 fully saturated rings. The van der Waals surface area contributed by atoms with Crippen LogP contribution in [0.5, 0.6) is 0 Å². The topological polar surface area (TPSA) is 307 Å². The van der Waals surface area contributed by atoms with Gasteiger partial charge in [-0.1, -0.05) is 54.6 Å².